The molecule has 0 saturated carbocycles. The van der Waals surface area contributed by atoms with Crippen LogP contribution in [0, 0.1) is 0 Å². The summed E-state index contributed by atoms with van der Waals surface area (Å²) in [6, 6.07) is 8.29. The molecule has 84 valence electrons. The van der Waals surface area contributed by atoms with E-state index in [-0.39, 0.29) is 10.9 Å². The monoisotopic (exact) mass is 224 g/mol. The van der Waals surface area contributed by atoms with E-state index in [1.165, 1.54) is 4.90 Å². The number of rotatable bonds is 3. The number of hydrogen-bond acceptors (Lipinski definition) is 2. The molecule has 0 heterocycles. The molecular weight excluding hydrogens is 204 g/mol. The molecule has 0 aliphatic rings. The van der Waals surface area contributed by atoms with Crippen molar-refractivity contribution < 1.29 is 4.74 Å². The van der Waals surface area contributed by atoms with E-state index in [0.717, 1.165) is 5.75 Å². The molecule has 0 fully saturated rings. The van der Waals surface area contributed by atoms with Gasteiger partial charge in [-0.2, -0.15) is 0 Å². The molecule has 0 saturated heterocycles. The topological polar surface area (TPSA) is 9.23 Å². The lowest BCUT2D eigenvalue weighted by Gasteiger charge is -2.18. The van der Waals surface area contributed by atoms with Crippen LogP contribution in [0.15, 0.2) is 29.2 Å². The molecule has 0 atom stereocenters. The van der Waals surface area contributed by atoms with Crippen LogP contribution in [0.25, 0.3) is 0 Å². The fourth-order valence-electron chi connectivity index (χ4n) is 1.24. The highest BCUT2D eigenvalue weighted by Crippen LogP contribution is 2.33. The Balaban J connectivity index is 2.74. The SMILES string of the molecule is CC(C)Oc1cccc(SC(C)(C)C)c1. The van der Waals surface area contributed by atoms with Crippen molar-refractivity contribution in [3.8, 4) is 5.75 Å². The molecule has 0 radical (unpaired) electrons. The molecular formula is C13H20OS. The third kappa shape index (κ3) is 5.12. The van der Waals surface area contributed by atoms with E-state index in [0.29, 0.717) is 0 Å². The zero-order valence-electron chi connectivity index (χ0n) is 10.2. The Labute approximate surface area is 97.2 Å². The third-order valence-corrected chi connectivity index (χ3v) is 2.70. The quantitative estimate of drug-likeness (QED) is 0.705. The van der Waals surface area contributed by atoms with E-state index >= 15 is 0 Å². The Morgan fingerprint density at radius 3 is 2.40 bits per heavy atom. The van der Waals surface area contributed by atoms with E-state index in [1.807, 2.05) is 37.7 Å². The minimum Gasteiger partial charge on any atom is -0.491 e. The first kappa shape index (κ1) is 12.4. The predicted molar refractivity (Wildman–Crippen MR) is 67.8 cm³/mol. The summed E-state index contributed by atoms with van der Waals surface area (Å²) in [5.41, 5.74) is 0. The van der Waals surface area contributed by atoms with Gasteiger partial charge in [0.2, 0.25) is 0 Å². The predicted octanol–water partition coefficient (Wildman–Crippen LogP) is 4.36. The second-order valence-corrected chi connectivity index (χ2v) is 6.76. The van der Waals surface area contributed by atoms with Crippen molar-refractivity contribution in [3.63, 3.8) is 0 Å². The van der Waals surface area contributed by atoms with E-state index < -0.39 is 0 Å². The van der Waals surface area contributed by atoms with Crippen LogP contribution < -0.4 is 4.74 Å². The van der Waals surface area contributed by atoms with Crippen molar-refractivity contribution in [2.75, 3.05) is 0 Å². The highest BCUT2D eigenvalue weighted by Gasteiger charge is 2.12. The van der Waals surface area contributed by atoms with Gasteiger partial charge in [0.25, 0.3) is 0 Å². The fourth-order valence-corrected chi connectivity index (χ4v) is 2.27. The number of thioether (sulfide) groups is 1. The van der Waals surface area contributed by atoms with Crippen LogP contribution in [0.2, 0.25) is 0 Å². The summed E-state index contributed by atoms with van der Waals surface area (Å²) < 4.78 is 5.90. The average molecular weight is 224 g/mol. The zero-order chi connectivity index (χ0) is 11.5. The van der Waals surface area contributed by atoms with Gasteiger partial charge in [-0.15, -0.1) is 11.8 Å². The molecule has 0 N–H and O–H groups in total. The summed E-state index contributed by atoms with van der Waals surface area (Å²) in [4.78, 5) is 1.26. The second-order valence-electron chi connectivity index (χ2n) is 4.86. The molecule has 0 aromatic heterocycles. The van der Waals surface area contributed by atoms with Crippen LogP contribution in [0.3, 0.4) is 0 Å². The largest absolute Gasteiger partial charge is 0.491 e. The molecule has 1 aromatic carbocycles. The van der Waals surface area contributed by atoms with Gasteiger partial charge in [0.05, 0.1) is 6.10 Å². The van der Waals surface area contributed by atoms with E-state index in [4.69, 9.17) is 4.74 Å². The highest BCUT2D eigenvalue weighted by atomic mass is 32.2. The Kier molecular flexibility index (Phi) is 4.09. The minimum atomic E-state index is 0.236. The number of benzene rings is 1. The molecule has 0 unspecified atom stereocenters. The minimum absolute atomic E-state index is 0.236. The van der Waals surface area contributed by atoms with Gasteiger partial charge in [0, 0.05) is 9.64 Å². The van der Waals surface area contributed by atoms with Gasteiger partial charge in [-0.1, -0.05) is 26.8 Å². The molecule has 1 rings (SSSR count). The molecule has 2 heteroatoms. The third-order valence-electron chi connectivity index (χ3n) is 1.60. The van der Waals surface area contributed by atoms with Crippen molar-refractivity contribution in [2.45, 2.75) is 50.4 Å². The Bertz CT molecular complexity index is 313. The van der Waals surface area contributed by atoms with Gasteiger partial charge in [-0.25, -0.2) is 0 Å². The average Bonchev–Trinajstić information content (AvgIpc) is 1.99. The molecule has 0 aliphatic carbocycles. The zero-order valence-corrected chi connectivity index (χ0v) is 11.0. The van der Waals surface area contributed by atoms with Gasteiger partial charge >= 0.3 is 0 Å². The Morgan fingerprint density at radius 2 is 1.87 bits per heavy atom. The van der Waals surface area contributed by atoms with Crippen LogP contribution in [-0.2, 0) is 0 Å². The van der Waals surface area contributed by atoms with Crippen LogP contribution in [0.5, 0.6) is 5.75 Å². The van der Waals surface area contributed by atoms with Crippen molar-refractivity contribution in [3.05, 3.63) is 24.3 Å². The first-order valence-electron chi connectivity index (χ1n) is 5.32. The maximum absolute atomic E-state index is 5.66. The Hall–Kier alpha value is -0.630. The van der Waals surface area contributed by atoms with Gasteiger partial charge < -0.3 is 4.74 Å². The van der Waals surface area contributed by atoms with Gasteiger partial charge in [-0.3, -0.25) is 0 Å². The van der Waals surface area contributed by atoms with Crippen LogP contribution in [-0.4, -0.2) is 10.9 Å². The molecule has 0 amide bonds. The number of ether oxygens (including phenoxy) is 1. The maximum atomic E-state index is 5.66. The van der Waals surface area contributed by atoms with E-state index in [2.05, 4.69) is 32.9 Å². The summed E-state index contributed by atoms with van der Waals surface area (Å²) in [6.07, 6.45) is 0.236. The maximum Gasteiger partial charge on any atom is 0.120 e. The number of hydrogen-bond donors (Lipinski definition) is 0. The van der Waals surface area contributed by atoms with Crippen LogP contribution in [0.1, 0.15) is 34.6 Å². The van der Waals surface area contributed by atoms with Crippen molar-refractivity contribution >= 4 is 11.8 Å². The van der Waals surface area contributed by atoms with Crippen LogP contribution in [0.4, 0.5) is 0 Å². The first-order valence-corrected chi connectivity index (χ1v) is 6.14. The summed E-state index contributed by atoms with van der Waals surface area (Å²) >= 11 is 1.86. The molecule has 15 heavy (non-hydrogen) atoms. The van der Waals surface area contributed by atoms with Gasteiger partial charge in [0.1, 0.15) is 5.75 Å². The lowest BCUT2D eigenvalue weighted by atomic mass is 10.3. The molecule has 1 aromatic rings. The summed E-state index contributed by atoms with van der Waals surface area (Å²) in [5, 5.41) is 0. The van der Waals surface area contributed by atoms with Gasteiger partial charge in [-0.05, 0) is 32.0 Å². The normalized spacial score (nSPS) is 11.9. The molecule has 0 spiro atoms. The highest BCUT2D eigenvalue weighted by molar-refractivity contribution is 8.00. The standard InChI is InChI=1S/C13H20OS/c1-10(2)14-11-7-6-8-12(9-11)15-13(3,4)5/h6-10H,1-5H3. The summed E-state index contributed by atoms with van der Waals surface area (Å²) in [7, 11) is 0. The Morgan fingerprint density at radius 1 is 1.20 bits per heavy atom. The fraction of sp³-hybridized carbons (Fsp3) is 0.538. The molecule has 0 bridgehead atoms. The summed E-state index contributed by atoms with van der Waals surface area (Å²) in [6.45, 7) is 10.7. The summed E-state index contributed by atoms with van der Waals surface area (Å²) in [5.74, 6) is 0.958. The second kappa shape index (κ2) is 4.93. The van der Waals surface area contributed by atoms with E-state index in [1.54, 1.807) is 0 Å². The van der Waals surface area contributed by atoms with Crippen molar-refractivity contribution in [2.24, 2.45) is 0 Å². The van der Waals surface area contributed by atoms with E-state index in [9.17, 15) is 0 Å². The smallest absolute Gasteiger partial charge is 0.120 e. The lowest BCUT2D eigenvalue weighted by molar-refractivity contribution is 0.242. The van der Waals surface area contributed by atoms with Crippen molar-refractivity contribution in [1.82, 2.24) is 0 Å². The first-order chi connectivity index (χ1) is 6.87. The van der Waals surface area contributed by atoms with Crippen molar-refractivity contribution in [1.29, 1.82) is 0 Å². The van der Waals surface area contributed by atoms with Crippen LogP contribution >= 0.6 is 11.8 Å². The van der Waals surface area contributed by atoms with Gasteiger partial charge in [0.15, 0.2) is 0 Å². The molecule has 1 nitrogen and oxygen atoms in total. The molecule has 0 aliphatic heterocycles. The lowest BCUT2D eigenvalue weighted by Crippen LogP contribution is -2.07.